The zero-order valence-electron chi connectivity index (χ0n) is 13.0. The molecule has 1 aliphatic heterocycles. The van der Waals surface area contributed by atoms with Crippen molar-refractivity contribution in [3.05, 3.63) is 35.3 Å². The molecule has 24 heavy (non-hydrogen) atoms. The van der Waals surface area contributed by atoms with E-state index in [1.54, 1.807) is 0 Å². The van der Waals surface area contributed by atoms with Crippen molar-refractivity contribution >= 4 is 5.91 Å². The highest BCUT2D eigenvalue weighted by Gasteiger charge is 2.44. The van der Waals surface area contributed by atoms with E-state index in [9.17, 15) is 27.5 Å². The fourth-order valence-electron chi connectivity index (χ4n) is 3.66. The van der Waals surface area contributed by atoms with Gasteiger partial charge in [-0.25, -0.2) is 4.39 Å². The molecule has 3 atom stereocenters. The largest absolute Gasteiger partial charge is 0.510 e. The SMILES string of the molecule is O=C1C(C2CC=CC(C(F)(F)F)C2)=C(O)CN1C1=CC(F)CCC1. The Kier molecular flexibility index (Phi) is 4.44. The van der Waals surface area contributed by atoms with Crippen LogP contribution in [0.1, 0.15) is 32.1 Å². The molecule has 3 aliphatic rings. The number of hydrogen-bond donors (Lipinski definition) is 1. The van der Waals surface area contributed by atoms with Crippen LogP contribution in [0, 0.1) is 11.8 Å². The van der Waals surface area contributed by atoms with Crippen LogP contribution in [0.2, 0.25) is 0 Å². The number of amides is 1. The minimum Gasteiger partial charge on any atom is -0.510 e. The van der Waals surface area contributed by atoms with E-state index in [4.69, 9.17) is 0 Å². The molecule has 0 radical (unpaired) electrons. The summed E-state index contributed by atoms with van der Waals surface area (Å²) in [6.07, 6.45) is -0.00415. The first-order valence-corrected chi connectivity index (χ1v) is 8.09. The van der Waals surface area contributed by atoms with Crippen LogP contribution in [0.4, 0.5) is 17.6 Å². The van der Waals surface area contributed by atoms with E-state index in [2.05, 4.69) is 0 Å². The van der Waals surface area contributed by atoms with E-state index in [0.29, 0.717) is 25.0 Å². The van der Waals surface area contributed by atoms with Gasteiger partial charge < -0.3 is 10.0 Å². The summed E-state index contributed by atoms with van der Waals surface area (Å²) >= 11 is 0. The van der Waals surface area contributed by atoms with E-state index in [1.807, 2.05) is 0 Å². The smallest absolute Gasteiger partial charge is 0.395 e. The number of rotatable bonds is 2. The van der Waals surface area contributed by atoms with Crippen LogP contribution in [-0.4, -0.2) is 34.8 Å². The van der Waals surface area contributed by atoms with Crippen LogP contribution < -0.4 is 0 Å². The summed E-state index contributed by atoms with van der Waals surface area (Å²) in [5, 5.41) is 10.2. The second kappa shape index (κ2) is 6.26. The third kappa shape index (κ3) is 3.21. The van der Waals surface area contributed by atoms with Gasteiger partial charge in [-0.3, -0.25) is 4.79 Å². The van der Waals surface area contributed by atoms with Gasteiger partial charge in [-0.2, -0.15) is 13.2 Å². The van der Waals surface area contributed by atoms with E-state index in [1.165, 1.54) is 17.1 Å². The van der Waals surface area contributed by atoms with Gasteiger partial charge in [0.25, 0.3) is 5.91 Å². The normalized spacial score (nSPS) is 31.7. The summed E-state index contributed by atoms with van der Waals surface area (Å²) in [6, 6.07) is 0. The van der Waals surface area contributed by atoms with E-state index >= 15 is 0 Å². The fourth-order valence-corrected chi connectivity index (χ4v) is 3.66. The Labute approximate surface area is 137 Å². The molecule has 0 aromatic carbocycles. The summed E-state index contributed by atoms with van der Waals surface area (Å²) in [5.74, 6) is -2.95. The van der Waals surface area contributed by atoms with Crippen molar-refractivity contribution in [1.82, 2.24) is 4.90 Å². The molecule has 1 amide bonds. The van der Waals surface area contributed by atoms with Crippen molar-refractivity contribution in [3.8, 4) is 0 Å². The molecular weight excluding hydrogens is 326 g/mol. The zero-order valence-corrected chi connectivity index (χ0v) is 13.0. The first-order valence-electron chi connectivity index (χ1n) is 8.09. The molecule has 2 aliphatic carbocycles. The van der Waals surface area contributed by atoms with E-state index < -0.39 is 30.1 Å². The molecule has 0 spiro atoms. The minimum atomic E-state index is -4.36. The second-order valence-corrected chi connectivity index (χ2v) is 6.56. The Hall–Kier alpha value is -1.79. The molecule has 7 heteroatoms. The van der Waals surface area contributed by atoms with Gasteiger partial charge in [0, 0.05) is 5.70 Å². The quantitative estimate of drug-likeness (QED) is 0.602. The third-order valence-corrected chi connectivity index (χ3v) is 4.88. The van der Waals surface area contributed by atoms with E-state index in [-0.39, 0.29) is 30.7 Å². The maximum Gasteiger partial charge on any atom is 0.395 e. The first-order chi connectivity index (χ1) is 11.3. The van der Waals surface area contributed by atoms with Crippen molar-refractivity contribution in [2.24, 2.45) is 11.8 Å². The monoisotopic (exact) mass is 345 g/mol. The fraction of sp³-hybridized carbons (Fsp3) is 0.588. The Balaban J connectivity index is 1.78. The third-order valence-electron chi connectivity index (χ3n) is 4.88. The standard InChI is InChI=1S/C17H19F4NO2/c18-12-5-2-6-13(8-12)22-9-14(23)15(16(22)24)10-3-1-4-11(7-10)17(19,20)21/h1,4,8,10-12,23H,2-3,5-7,9H2. The number of allylic oxidation sites excluding steroid dienone is 4. The van der Waals surface area contributed by atoms with Gasteiger partial charge in [-0.1, -0.05) is 12.2 Å². The van der Waals surface area contributed by atoms with Crippen molar-refractivity contribution in [2.45, 2.75) is 44.5 Å². The molecule has 0 aromatic rings. The maximum atomic E-state index is 13.5. The molecule has 3 unspecified atom stereocenters. The Bertz CT molecular complexity index is 621. The Morgan fingerprint density at radius 1 is 1.29 bits per heavy atom. The van der Waals surface area contributed by atoms with Gasteiger partial charge in [0.2, 0.25) is 0 Å². The number of nitrogens with zero attached hydrogens (tertiary/aromatic N) is 1. The average Bonchev–Trinajstić information content (AvgIpc) is 2.81. The highest BCUT2D eigenvalue weighted by atomic mass is 19.4. The van der Waals surface area contributed by atoms with Gasteiger partial charge in [-0.05, 0) is 44.1 Å². The molecule has 0 saturated carbocycles. The highest BCUT2D eigenvalue weighted by molar-refractivity contribution is 5.98. The molecular formula is C17H19F4NO2. The van der Waals surface area contributed by atoms with Crippen LogP contribution in [0.3, 0.4) is 0 Å². The number of alkyl halides is 4. The van der Waals surface area contributed by atoms with Crippen LogP contribution in [0.5, 0.6) is 0 Å². The topological polar surface area (TPSA) is 40.5 Å². The lowest BCUT2D eigenvalue weighted by Gasteiger charge is -2.28. The van der Waals surface area contributed by atoms with Crippen LogP contribution in [-0.2, 0) is 4.79 Å². The van der Waals surface area contributed by atoms with Crippen molar-refractivity contribution in [1.29, 1.82) is 0 Å². The molecule has 0 bridgehead atoms. The summed E-state index contributed by atoms with van der Waals surface area (Å²) in [7, 11) is 0. The molecule has 1 heterocycles. The van der Waals surface area contributed by atoms with Gasteiger partial charge in [0.1, 0.15) is 11.9 Å². The lowest BCUT2D eigenvalue weighted by molar-refractivity contribution is -0.166. The number of carbonyl (C=O) groups is 1. The molecule has 132 valence electrons. The molecule has 3 rings (SSSR count). The number of aliphatic hydroxyl groups is 1. The number of carbonyl (C=O) groups excluding carboxylic acids is 1. The molecule has 0 aromatic heterocycles. The summed E-state index contributed by atoms with van der Waals surface area (Å²) in [4.78, 5) is 13.9. The van der Waals surface area contributed by atoms with Crippen molar-refractivity contribution in [3.63, 3.8) is 0 Å². The Morgan fingerprint density at radius 3 is 2.71 bits per heavy atom. The van der Waals surface area contributed by atoms with Gasteiger partial charge in [-0.15, -0.1) is 0 Å². The Morgan fingerprint density at radius 2 is 2.04 bits per heavy atom. The number of halogens is 4. The predicted octanol–water partition coefficient (Wildman–Crippen LogP) is 4.19. The lowest BCUT2D eigenvalue weighted by atomic mass is 9.81. The number of aliphatic hydroxyl groups excluding tert-OH is 1. The number of hydrogen-bond acceptors (Lipinski definition) is 2. The van der Waals surface area contributed by atoms with Crippen LogP contribution in [0.25, 0.3) is 0 Å². The van der Waals surface area contributed by atoms with Gasteiger partial charge in [0.05, 0.1) is 18.0 Å². The maximum absolute atomic E-state index is 13.5. The summed E-state index contributed by atoms with van der Waals surface area (Å²) in [6.45, 7) is -0.0797. The second-order valence-electron chi connectivity index (χ2n) is 6.56. The highest BCUT2D eigenvalue weighted by Crippen LogP contribution is 2.41. The van der Waals surface area contributed by atoms with E-state index in [0.717, 1.165) is 6.08 Å². The van der Waals surface area contributed by atoms with Gasteiger partial charge in [0.15, 0.2) is 0 Å². The van der Waals surface area contributed by atoms with Gasteiger partial charge >= 0.3 is 6.18 Å². The van der Waals surface area contributed by atoms with Crippen molar-refractivity contribution < 1.29 is 27.5 Å². The van der Waals surface area contributed by atoms with Crippen molar-refractivity contribution in [2.75, 3.05) is 6.54 Å². The summed E-state index contributed by atoms with van der Waals surface area (Å²) in [5.41, 5.74) is 0.564. The average molecular weight is 345 g/mol. The minimum absolute atomic E-state index is 0.0514. The predicted molar refractivity (Wildman–Crippen MR) is 79.6 cm³/mol. The first kappa shape index (κ1) is 17.0. The molecule has 0 saturated heterocycles. The molecule has 1 N–H and O–H groups in total. The van der Waals surface area contributed by atoms with Crippen LogP contribution in [0.15, 0.2) is 35.3 Å². The van der Waals surface area contributed by atoms with Crippen LogP contribution >= 0.6 is 0 Å². The lowest BCUT2D eigenvalue weighted by Crippen LogP contribution is -2.32. The molecule has 0 fully saturated rings. The zero-order chi connectivity index (χ0) is 17.5. The molecule has 3 nitrogen and oxygen atoms in total. The summed E-state index contributed by atoms with van der Waals surface area (Å²) < 4.78 is 52.3.